The van der Waals surface area contributed by atoms with Crippen molar-refractivity contribution in [3.63, 3.8) is 0 Å². The van der Waals surface area contributed by atoms with E-state index < -0.39 is 21.6 Å². The molecule has 23 heavy (non-hydrogen) atoms. The van der Waals surface area contributed by atoms with Gasteiger partial charge < -0.3 is 5.32 Å². The van der Waals surface area contributed by atoms with Crippen molar-refractivity contribution in [3.05, 3.63) is 70.5 Å². The molecule has 0 fully saturated rings. The van der Waals surface area contributed by atoms with E-state index in [4.69, 9.17) is 11.6 Å². The lowest BCUT2D eigenvalue weighted by molar-refractivity contribution is 0.0952. The number of carbonyl (C=O) groups excluding carboxylic acids is 1. The largest absolute Gasteiger partial charge is 0.351 e. The maximum Gasteiger partial charge on any atom is 0.254 e. The highest BCUT2D eigenvalue weighted by atomic mass is 35.5. The van der Waals surface area contributed by atoms with Crippen molar-refractivity contribution < 1.29 is 17.6 Å². The third-order valence-corrected chi connectivity index (χ3v) is 4.94. The molecule has 0 bridgehead atoms. The van der Waals surface area contributed by atoms with Crippen LogP contribution in [0.5, 0.6) is 0 Å². The van der Waals surface area contributed by atoms with Gasteiger partial charge in [-0.3, -0.25) is 4.79 Å². The Hall–Kier alpha value is -1.92. The summed E-state index contributed by atoms with van der Waals surface area (Å²) in [6.07, 6.45) is 0. The first-order valence-corrected chi connectivity index (χ1v) is 9.05. The SMILES string of the molecule is O=C(NCCS(=O)(=O)Cc1ccccc1)c1ccc(Cl)cc1F. The fourth-order valence-corrected chi connectivity index (χ4v) is 3.41. The van der Waals surface area contributed by atoms with Crippen molar-refractivity contribution in [2.45, 2.75) is 5.75 Å². The highest BCUT2D eigenvalue weighted by molar-refractivity contribution is 7.90. The smallest absolute Gasteiger partial charge is 0.254 e. The van der Waals surface area contributed by atoms with E-state index in [9.17, 15) is 17.6 Å². The van der Waals surface area contributed by atoms with Crippen LogP contribution in [-0.4, -0.2) is 26.6 Å². The molecule has 1 N–H and O–H groups in total. The Labute approximate surface area is 139 Å². The molecule has 0 aliphatic rings. The van der Waals surface area contributed by atoms with Crippen molar-refractivity contribution >= 4 is 27.3 Å². The second-order valence-electron chi connectivity index (χ2n) is 4.96. The van der Waals surface area contributed by atoms with Gasteiger partial charge in [0.25, 0.3) is 5.91 Å². The van der Waals surface area contributed by atoms with Gasteiger partial charge >= 0.3 is 0 Å². The molecule has 4 nitrogen and oxygen atoms in total. The molecule has 0 aromatic heterocycles. The van der Waals surface area contributed by atoms with Crippen LogP contribution in [0.15, 0.2) is 48.5 Å². The summed E-state index contributed by atoms with van der Waals surface area (Å²) < 4.78 is 37.6. The maximum absolute atomic E-state index is 13.6. The van der Waals surface area contributed by atoms with E-state index >= 15 is 0 Å². The number of halogens is 2. The molecule has 0 heterocycles. The zero-order valence-corrected chi connectivity index (χ0v) is 13.7. The highest BCUT2D eigenvalue weighted by Gasteiger charge is 2.15. The van der Waals surface area contributed by atoms with Gasteiger partial charge in [0.15, 0.2) is 9.84 Å². The van der Waals surface area contributed by atoms with Gasteiger partial charge in [-0.25, -0.2) is 12.8 Å². The molecule has 122 valence electrons. The van der Waals surface area contributed by atoms with Gasteiger partial charge in [0.1, 0.15) is 5.82 Å². The minimum Gasteiger partial charge on any atom is -0.351 e. The summed E-state index contributed by atoms with van der Waals surface area (Å²) in [5.74, 6) is -1.74. The number of carbonyl (C=O) groups is 1. The predicted molar refractivity (Wildman–Crippen MR) is 87.7 cm³/mol. The number of rotatable bonds is 6. The van der Waals surface area contributed by atoms with Gasteiger partial charge in [0.2, 0.25) is 0 Å². The molecule has 1 amide bonds. The maximum atomic E-state index is 13.6. The molecule has 0 saturated carbocycles. The summed E-state index contributed by atoms with van der Waals surface area (Å²) >= 11 is 5.61. The van der Waals surface area contributed by atoms with Gasteiger partial charge in [0, 0.05) is 11.6 Å². The van der Waals surface area contributed by atoms with Crippen LogP contribution in [0.25, 0.3) is 0 Å². The summed E-state index contributed by atoms with van der Waals surface area (Å²) in [5, 5.41) is 2.58. The Morgan fingerprint density at radius 1 is 1.13 bits per heavy atom. The summed E-state index contributed by atoms with van der Waals surface area (Å²) in [4.78, 5) is 11.8. The van der Waals surface area contributed by atoms with Gasteiger partial charge in [0.05, 0.1) is 17.1 Å². The van der Waals surface area contributed by atoms with Crippen LogP contribution in [0.4, 0.5) is 4.39 Å². The first-order valence-electron chi connectivity index (χ1n) is 6.85. The standard InChI is InChI=1S/C16H15ClFNO3S/c17-13-6-7-14(15(18)10-13)16(20)19-8-9-23(21,22)11-12-4-2-1-3-5-12/h1-7,10H,8-9,11H2,(H,19,20). The Morgan fingerprint density at radius 2 is 1.83 bits per heavy atom. The van der Waals surface area contributed by atoms with Crippen LogP contribution in [0.1, 0.15) is 15.9 Å². The van der Waals surface area contributed by atoms with Crippen molar-refractivity contribution in [3.8, 4) is 0 Å². The second kappa shape index (κ2) is 7.57. The third-order valence-electron chi connectivity index (χ3n) is 3.10. The fraction of sp³-hybridized carbons (Fsp3) is 0.188. The molecule has 0 aliphatic carbocycles. The second-order valence-corrected chi connectivity index (χ2v) is 7.58. The molecule has 2 rings (SSSR count). The molecule has 0 spiro atoms. The molecule has 0 atom stereocenters. The van der Waals surface area contributed by atoms with Gasteiger partial charge in [-0.1, -0.05) is 41.9 Å². The van der Waals surface area contributed by atoms with Crippen molar-refractivity contribution in [1.82, 2.24) is 5.32 Å². The Bertz CT molecular complexity index is 794. The predicted octanol–water partition coefficient (Wildman–Crippen LogP) is 2.82. The molecule has 0 radical (unpaired) electrons. The van der Waals surface area contributed by atoms with Crippen LogP contribution in [0, 0.1) is 5.82 Å². The van der Waals surface area contributed by atoms with E-state index in [1.54, 1.807) is 30.3 Å². The van der Waals surface area contributed by atoms with Gasteiger partial charge in [-0.05, 0) is 23.8 Å². The van der Waals surface area contributed by atoms with Crippen molar-refractivity contribution in [2.24, 2.45) is 0 Å². The topological polar surface area (TPSA) is 63.2 Å². The minimum absolute atomic E-state index is 0.0872. The molecule has 2 aromatic rings. The summed E-state index contributed by atoms with van der Waals surface area (Å²) in [6.45, 7) is -0.0872. The van der Waals surface area contributed by atoms with E-state index in [1.165, 1.54) is 12.1 Å². The first-order chi connectivity index (χ1) is 10.9. The van der Waals surface area contributed by atoms with Crippen LogP contribution < -0.4 is 5.32 Å². The molecule has 2 aromatic carbocycles. The zero-order valence-electron chi connectivity index (χ0n) is 12.1. The number of hydrogen-bond acceptors (Lipinski definition) is 3. The van der Waals surface area contributed by atoms with Crippen LogP contribution in [-0.2, 0) is 15.6 Å². The van der Waals surface area contributed by atoms with E-state index in [0.717, 1.165) is 6.07 Å². The Morgan fingerprint density at radius 3 is 2.48 bits per heavy atom. The Balaban J connectivity index is 1.90. The lowest BCUT2D eigenvalue weighted by Crippen LogP contribution is -2.30. The van der Waals surface area contributed by atoms with Crippen molar-refractivity contribution in [1.29, 1.82) is 0 Å². The number of sulfone groups is 1. The molecule has 0 aliphatic heterocycles. The van der Waals surface area contributed by atoms with Gasteiger partial charge in [-0.2, -0.15) is 0 Å². The number of benzene rings is 2. The third kappa shape index (κ3) is 5.33. The number of nitrogens with one attached hydrogen (secondary N) is 1. The lowest BCUT2D eigenvalue weighted by atomic mass is 10.2. The average molecular weight is 356 g/mol. The first kappa shape index (κ1) is 17.4. The average Bonchev–Trinajstić information content (AvgIpc) is 2.47. The summed E-state index contributed by atoms with van der Waals surface area (Å²) in [5.41, 5.74) is 0.512. The van der Waals surface area contributed by atoms with E-state index in [0.29, 0.717) is 5.56 Å². The number of amides is 1. The quantitative estimate of drug-likeness (QED) is 0.866. The Kier molecular flexibility index (Phi) is 5.74. The van der Waals surface area contributed by atoms with Crippen LogP contribution in [0.3, 0.4) is 0 Å². The minimum atomic E-state index is -3.36. The van der Waals surface area contributed by atoms with Crippen LogP contribution in [0.2, 0.25) is 5.02 Å². The zero-order chi connectivity index (χ0) is 16.9. The normalized spacial score (nSPS) is 11.2. The lowest BCUT2D eigenvalue weighted by Gasteiger charge is -2.07. The molecule has 0 saturated heterocycles. The van der Waals surface area contributed by atoms with Gasteiger partial charge in [-0.15, -0.1) is 0 Å². The van der Waals surface area contributed by atoms with E-state index in [1.807, 2.05) is 0 Å². The van der Waals surface area contributed by atoms with E-state index in [2.05, 4.69) is 5.32 Å². The summed E-state index contributed by atoms with van der Waals surface area (Å²) in [6, 6.07) is 12.4. The molecule has 7 heteroatoms. The summed E-state index contributed by atoms with van der Waals surface area (Å²) in [7, 11) is -3.36. The monoisotopic (exact) mass is 355 g/mol. The van der Waals surface area contributed by atoms with Crippen LogP contribution >= 0.6 is 11.6 Å². The highest BCUT2D eigenvalue weighted by Crippen LogP contribution is 2.14. The molecule has 0 unspecified atom stereocenters. The molecular formula is C16H15ClFNO3S. The van der Waals surface area contributed by atoms with Crippen molar-refractivity contribution in [2.75, 3.05) is 12.3 Å². The fourth-order valence-electron chi connectivity index (χ4n) is 1.99. The molecular weight excluding hydrogens is 341 g/mol. The number of hydrogen-bond donors (Lipinski definition) is 1. The van der Waals surface area contributed by atoms with E-state index in [-0.39, 0.29) is 28.6 Å².